The molecule has 0 saturated carbocycles. The van der Waals surface area contributed by atoms with Crippen LogP contribution in [-0.2, 0) is 9.31 Å². The van der Waals surface area contributed by atoms with E-state index < -0.39 is 5.60 Å². The van der Waals surface area contributed by atoms with Gasteiger partial charge in [-0.2, -0.15) is 0 Å². The zero-order chi connectivity index (χ0) is 15.9. The molecule has 0 aromatic heterocycles. The second kappa shape index (κ2) is 5.17. The first-order chi connectivity index (χ1) is 9.50. The second-order valence-electron chi connectivity index (χ2n) is 7.02. The normalized spacial score (nSPS) is 20.0. The van der Waals surface area contributed by atoms with E-state index in [1.165, 1.54) is 0 Å². The van der Waals surface area contributed by atoms with Crippen LogP contribution in [-0.4, -0.2) is 29.0 Å². The lowest BCUT2D eigenvalue weighted by molar-refractivity contribution is 0.00578. The Hall–Kier alpha value is -1.28. The number of hydrogen-bond acceptors (Lipinski definition) is 3. The molecule has 112 valence electrons. The van der Waals surface area contributed by atoms with Gasteiger partial charge in [0.15, 0.2) is 0 Å². The van der Waals surface area contributed by atoms with Crippen LogP contribution >= 0.6 is 0 Å². The van der Waals surface area contributed by atoms with Gasteiger partial charge in [-0.3, -0.25) is 0 Å². The van der Waals surface area contributed by atoms with Crippen molar-refractivity contribution < 1.29 is 14.4 Å². The van der Waals surface area contributed by atoms with Crippen molar-refractivity contribution in [3.8, 4) is 11.8 Å². The van der Waals surface area contributed by atoms with Crippen molar-refractivity contribution in [1.82, 2.24) is 0 Å². The third-order valence-electron chi connectivity index (χ3n) is 3.92. The highest BCUT2D eigenvalue weighted by Crippen LogP contribution is 2.36. The summed E-state index contributed by atoms with van der Waals surface area (Å²) in [6.07, 6.45) is 0. The van der Waals surface area contributed by atoms with Crippen molar-refractivity contribution in [2.75, 3.05) is 0 Å². The molecule has 4 heteroatoms. The molecule has 0 radical (unpaired) electrons. The van der Waals surface area contributed by atoms with E-state index in [0.29, 0.717) is 0 Å². The summed E-state index contributed by atoms with van der Waals surface area (Å²) < 4.78 is 12.1. The molecule has 0 spiro atoms. The number of aliphatic hydroxyl groups is 1. The van der Waals surface area contributed by atoms with Crippen LogP contribution in [0.1, 0.15) is 47.1 Å². The molecule has 2 rings (SSSR count). The van der Waals surface area contributed by atoms with Gasteiger partial charge in [0.1, 0.15) is 5.60 Å². The lowest BCUT2D eigenvalue weighted by Crippen LogP contribution is -2.41. The van der Waals surface area contributed by atoms with Crippen LogP contribution in [0.5, 0.6) is 0 Å². The fraction of sp³-hybridized carbons (Fsp3) is 0.529. The predicted molar refractivity (Wildman–Crippen MR) is 85.3 cm³/mol. The molecule has 3 nitrogen and oxygen atoms in total. The Kier molecular flexibility index (Phi) is 3.97. The summed E-state index contributed by atoms with van der Waals surface area (Å²) >= 11 is 0. The summed E-state index contributed by atoms with van der Waals surface area (Å²) in [7, 11) is -0.390. The van der Waals surface area contributed by atoms with Gasteiger partial charge in [-0.05, 0) is 59.1 Å². The molecule has 1 aliphatic rings. The lowest BCUT2D eigenvalue weighted by Gasteiger charge is -2.32. The zero-order valence-corrected chi connectivity index (χ0v) is 13.7. The summed E-state index contributed by atoms with van der Waals surface area (Å²) in [4.78, 5) is 0. The minimum atomic E-state index is -1.000. The van der Waals surface area contributed by atoms with E-state index in [0.717, 1.165) is 11.0 Å². The van der Waals surface area contributed by atoms with Gasteiger partial charge in [-0.1, -0.05) is 24.0 Å². The number of hydrogen-bond donors (Lipinski definition) is 1. The summed E-state index contributed by atoms with van der Waals surface area (Å²) in [6.45, 7) is 11.5. The van der Waals surface area contributed by atoms with Crippen LogP contribution in [0.2, 0.25) is 0 Å². The van der Waals surface area contributed by atoms with E-state index in [1.807, 2.05) is 52.0 Å². The molecule has 0 unspecified atom stereocenters. The van der Waals surface area contributed by atoms with Crippen LogP contribution in [0, 0.1) is 11.8 Å². The Morgan fingerprint density at radius 1 is 1.10 bits per heavy atom. The van der Waals surface area contributed by atoms with Crippen molar-refractivity contribution in [2.24, 2.45) is 0 Å². The minimum Gasteiger partial charge on any atom is -0.399 e. The highest BCUT2D eigenvalue weighted by Gasteiger charge is 2.51. The Morgan fingerprint density at radius 2 is 1.67 bits per heavy atom. The van der Waals surface area contributed by atoms with Crippen molar-refractivity contribution in [1.29, 1.82) is 0 Å². The quantitative estimate of drug-likeness (QED) is 0.635. The standard InChI is InChI=1S/C17H23BO3/c1-15(2,19)11-10-13-8-7-9-14(12-13)18-20-16(3,4)17(5,6)21-18/h7-9,12,19H,1-6H3. The SMILES string of the molecule is CC(C)(O)C#Cc1cccc(B2OC(C)(C)C(C)(C)O2)c1. The van der Waals surface area contributed by atoms with Gasteiger partial charge < -0.3 is 14.4 Å². The van der Waals surface area contributed by atoms with E-state index in [1.54, 1.807) is 13.8 Å². The Morgan fingerprint density at radius 3 is 2.19 bits per heavy atom. The first kappa shape index (κ1) is 16.1. The minimum absolute atomic E-state index is 0.355. The molecule has 1 aromatic rings. The smallest absolute Gasteiger partial charge is 0.399 e. The van der Waals surface area contributed by atoms with E-state index in [4.69, 9.17) is 9.31 Å². The zero-order valence-electron chi connectivity index (χ0n) is 13.7. The maximum absolute atomic E-state index is 9.67. The molecular formula is C17H23BO3. The van der Waals surface area contributed by atoms with Crippen molar-refractivity contribution in [2.45, 2.75) is 58.3 Å². The molecule has 0 amide bonds. The molecule has 0 aliphatic carbocycles. The first-order valence-electron chi connectivity index (χ1n) is 7.21. The third-order valence-corrected chi connectivity index (χ3v) is 3.92. The Balaban J connectivity index is 2.25. The molecule has 0 bridgehead atoms. The molecule has 1 saturated heterocycles. The summed E-state index contributed by atoms with van der Waals surface area (Å²) in [5.74, 6) is 5.79. The van der Waals surface area contributed by atoms with Crippen molar-refractivity contribution in [3.05, 3.63) is 29.8 Å². The van der Waals surface area contributed by atoms with Crippen LogP contribution in [0.3, 0.4) is 0 Å². The molecule has 1 fully saturated rings. The lowest BCUT2D eigenvalue weighted by atomic mass is 9.78. The van der Waals surface area contributed by atoms with E-state index >= 15 is 0 Å². The highest BCUT2D eigenvalue weighted by atomic mass is 16.7. The summed E-state index contributed by atoms with van der Waals surface area (Å²) in [5.41, 5.74) is 0.0692. The molecular weight excluding hydrogens is 263 g/mol. The van der Waals surface area contributed by atoms with Gasteiger partial charge in [0, 0.05) is 5.56 Å². The van der Waals surface area contributed by atoms with Gasteiger partial charge in [0.2, 0.25) is 0 Å². The maximum atomic E-state index is 9.67. The Labute approximate surface area is 127 Å². The molecule has 1 aromatic carbocycles. The largest absolute Gasteiger partial charge is 0.494 e. The molecule has 1 heterocycles. The van der Waals surface area contributed by atoms with Gasteiger partial charge in [-0.25, -0.2) is 0 Å². The van der Waals surface area contributed by atoms with Crippen LogP contribution in [0.15, 0.2) is 24.3 Å². The monoisotopic (exact) mass is 286 g/mol. The van der Waals surface area contributed by atoms with Gasteiger partial charge >= 0.3 is 7.12 Å². The number of benzene rings is 1. The van der Waals surface area contributed by atoms with Gasteiger partial charge in [0.25, 0.3) is 0 Å². The fourth-order valence-electron chi connectivity index (χ4n) is 1.97. The molecule has 0 atom stereocenters. The van der Waals surface area contributed by atoms with Crippen molar-refractivity contribution >= 4 is 12.6 Å². The summed E-state index contributed by atoms with van der Waals surface area (Å²) in [5, 5.41) is 9.67. The van der Waals surface area contributed by atoms with E-state index in [-0.39, 0.29) is 18.3 Å². The number of rotatable bonds is 1. The van der Waals surface area contributed by atoms with Crippen LogP contribution < -0.4 is 5.46 Å². The van der Waals surface area contributed by atoms with Gasteiger partial charge in [-0.15, -0.1) is 0 Å². The second-order valence-corrected chi connectivity index (χ2v) is 7.02. The van der Waals surface area contributed by atoms with Crippen LogP contribution in [0.4, 0.5) is 0 Å². The molecule has 1 N–H and O–H groups in total. The average molecular weight is 286 g/mol. The average Bonchev–Trinajstić information content (AvgIpc) is 2.56. The maximum Gasteiger partial charge on any atom is 0.494 e. The van der Waals surface area contributed by atoms with E-state index in [2.05, 4.69) is 11.8 Å². The molecule has 21 heavy (non-hydrogen) atoms. The Bertz CT molecular complexity index is 572. The van der Waals surface area contributed by atoms with E-state index in [9.17, 15) is 5.11 Å². The predicted octanol–water partition coefficient (Wildman–Crippen LogP) is 2.11. The fourth-order valence-corrected chi connectivity index (χ4v) is 1.97. The van der Waals surface area contributed by atoms with Gasteiger partial charge in [0.05, 0.1) is 11.2 Å². The molecule has 1 aliphatic heterocycles. The van der Waals surface area contributed by atoms with Crippen molar-refractivity contribution in [3.63, 3.8) is 0 Å². The first-order valence-corrected chi connectivity index (χ1v) is 7.21. The third kappa shape index (κ3) is 3.68. The topological polar surface area (TPSA) is 38.7 Å². The highest BCUT2D eigenvalue weighted by molar-refractivity contribution is 6.62. The summed E-state index contributed by atoms with van der Waals surface area (Å²) in [6, 6.07) is 7.75. The van der Waals surface area contributed by atoms with Crippen LogP contribution in [0.25, 0.3) is 0 Å².